The lowest BCUT2D eigenvalue weighted by Gasteiger charge is -2.28. The van der Waals surface area contributed by atoms with Crippen LogP contribution < -0.4 is 20.1 Å². The SMILES string of the molecule is CNc1cc(OC2CNC2)ccc1OC=O. The molecule has 0 aromatic heterocycles. The summed E-state index contributed by atoms with van der Waals surface area (Å²) >= 11 is 0. The highest BCUT2D eigenvalue weighted by Gasteiger charge is 2.18. The minimum absolute atomic E-state index is 0.238. The van der Waals surface area contributed by atoms with Crippen molar-refractivity contribution in [3.05, 3.63) is 18.2 Å². The van der Waals surface area contributed by atoms with Crippen LogP contribution in [-0.2, 0) is 4.79 Å². The average molecular weight is 222 g/mol. The van der Waals surface area contributed by atoms with Crippen molar-refractivity contribution in [2.24, 2.45) is 0 Å². The van der Waals surface area contributed by atoms with Gasteiger partial charge < -0.3 is 20.1 Å². The Labute approximate surface area is 93.7 Å². The molecule has 1 heterocycles. The van der Waals surface area contributed by atoms with Gasteiger partial charge in [0.05, 0.1) is 5.69 Å². The number of anilines is 1. The van der Waals surface area contributed by atoms with E-state index < -0.39 is 0 Å². The molecule has 5 nitrogen and oxygen atoms in total. The molecule has 1 aliphatic heterocycles. The first-order valence-electron chi connectivity index (χ1n) is 5.13. The molecular weight excluding hydrogens is 208 g/mol. The van der Waals surface area contributed by atoms with Gasteiger partial charge >= 0.3 is 0 Å². The predicted molar refractivity (Wildman–Crippen MR) is 60.0 cm³/mol. The van der Waals surface area contributed by atoms with Crippen LogP contribution in [-0.4, -0.2) is 32.7 Å². The van der Waals surface area contributed by atoms with Gasteiger partial charge in [-0.25, -0.2) is 0 Å². The van der Waals surface area contributed by atoms with E-state index in [1.807, 2.05) is 6.07 Å². The molecule has 1 saturated heterocycles. The standard InChI is InChI=1S/C11H14N2O3/c1-12-10-4-8(16-9-5-13-6-9)2-3-11(10)15-7-14/h2-4,7,9,12-13H,5-6H2,1H3. The predicted octanol–water partition coefficient (Wildman–Crippen LogP) is 0.614. The zero-order valence-electron chi connectivity index (χ0n) is 9.03. The zero-order valence-corrected chi connectivity index (χ0v) is 9.03. The van der Waals surface area contributed by atoms with E-state index in [4.69, 9.17) is 9.47 Å². The van der Waals surface area contributed by atoms with Gasteiger partial charge in [0.15, 0.2) is 5.75 Å². The maximum absolute atomic E-state index is 10.3. The van der Waals surface area contributed by atoms with Crippen molar-refractivity contribution in [2.45, 2.75) is 6.10 Å². The van der Waals surface area contributed by atoms with Crippen molar-refractivity contribution in [3.63, 3.8) is 0 Å². The maximum Gasteiger partial charge on any atom is 0.298 e. The van der Waals surface area contributed by atoms with E-state index in [1.54, 1.807) is 19.2 Å². The number of nitrogens with one attached hydrogen (secondary N) is 2. The molecule has 0 unspecified atom stereocenters. The summed E-state index contributed by atoms with van der Waals surface area (Å²) in [6.45, 7) is 2.16. The van der Waals surface area contributed by atoms with E-state index in [9.17, 15) is 4.79 Å². The lowest BCUT2D eigenvalue weighted by atomic mass is 10.2. The van der Waals surface area contributed by atoms with Gasteiger partial charge in [0, 0.05) is 26.2 Å². The number of hydrogen-bond donors (Lipinski definition) is 2. The van der Waals surface area contributed by atoms with Crippen LogP contribution in [0.1, 0.15) is 0 Å². The highest BCUT2D eigenvalue weighted by Crippen LogP contribution is 2.29. The molecule has 0 atom stereocenters. The molecule has 2 N–H and O–H groups in total. The minimum atomic E-state index is 0.238. The normalized spacial score (nSPS) is 15.1. The molecule has 0 spiro atoms. The van der Waals surface area contributed by atoms with Crippen LogP contribution >= 0.6 is 0 Å². The molecule has 0 aliphatic carbocycles. The van der Waals surface area contributed by atoms with Crippen LogP contribution in [0.2, 0.25) is 0 Å². The van der Waals surface area contributed by atoms with Gasteiger partial charge in [-0.3, -0.25) is 4.79 Å². The van der Waals surface area contributed by atoms with Crippen LogP contribution in [0.5, 0.6) is 11.5 Å². The van der Waals surface area contributed by atoms with Crippen molar-refractivity contribution in [3.8, 4) is 11.5 Å². The molecule has 5 heteroatoms. The first-order chi connectivity index (χ1) is 7.83. The van der Waals surface area contributed by atoms with Gasteiger partial charge in [-0.15, -0.1) is 0 Å². The van der Waals surface area contributed by atoms with Gasteiger partial charge in [0.2, 0.25) is 0 Å². The first-order valence-corrected chi connectivity index (χ1v) is 5.13. The second kappa shape index (κ2) is 4.85. The first kappa shape index (κ1) is 10.8. The van der Waals surface area contributed by atoms with Crippen LogP contribution in [0.4, 0.5) is 5.69 Å². The van der Waals surface area contributed by atoms with E-state index in [2.05, 4.69) is 10.6 Å². The Morgan fingerprint density at radius 1 is 1.50 bits per heavy atom. The molecule has 0 radical (unpaired) electrons. The van der Waals surface area contributed by atoms with Gasteiger partial charge in [-0.2, -0.15) is 0 Å². The van der Waals surface area contributed by atoms with Crippen molar-refractivity contribution in [1.82, 2.24) is 5.32 Å². The number of benzene rings is 1. The van der Waals surface area contributed by atoms with Crippen LogP contribution in [0.25, 0.3) is 0 Å². The molecule has 1 aromatic rings. The van der Waals surface area contributed by atoms with E-state index in [0.717, 1.165) is 24.5 Å². The van der Waals surface area contributed by atoms with Gasteiger partial charge in [-0.05, 0) is 12.1 Å². The Balaban J connectivity index is 2.11. The van der Waals surface area contributed by atoms with Gasteiger partial charge in [0.1, 0.15) is 11.9 Å². The smallest absolute Gasteiger partial charge is 0.298 e. The fourth-order valence-corrected chi connectivity index (χ4v) is 1.47. The summed E-state index contributed by atoms with van der Waals surface area (Å²) < 4.78 is 10.5. The Bertz CT molecular complexity index is 377. The molecular formula is C11H14N2O3. The lowest BCUT2D eigenvalue weighted by molar-refractivity contribution is -0.120. The molecule has 86 valence electrons. The van der Waals surface area contributed by atoms with E-state index in [1.165, 1.54) is 0 Å². The van der Waals surface area contributed by atoms with E-state index in [0.29, 0.717) is 12.2 Å². The van der Waals surface area contributed by atoms with E-state index >= 15 is 0 Å². The number of ether oxygens (including phenoxy) is 2. The number of carbonyl (C=O) groups excluding carboxylic acids is 1. The molecule has 1 fully saturated rings. The molecule has 1 aromatic carbocycles. The molecule has 1 aliphatic rings. The number of carbonyl (C=O) groups is 1. The highest BCUT2D eigenvalue weighted by molar-refractivity contribution is 5.63. The van der Waals surface area contributed by atoms with Crippen molar-refractivity contribution < 1.29 is 14.3 Å². The third-order valence-corrected chi connectivity index (χ3v) is 2.44. The van der Waals surface area contributed by atoms with Crippen molar-refractivity contribution in [2.75, 3.05) is 25.5 Å². The summed E-state index contributed by atoms with van der Waals surface area (Å²) in [6, 6.07) is 5.32. The van der Waals surface area contributed by atoms with Crippen LogP contribution in [0.3, 0.4) is 0 Å². The average Bonchev–Trinajstić information content (AvgIpc) is 2.25. The summed E-state index contributed by atoms with van der Waals surface area (Å²) in [4.78, 5) is 10.3. The quantitative estimate of drug-likeness (QED) is 0.715. The van der Waals surface area contributed by atoms with Crippen LogP contribution in [0.15, 0.2) is 18.2 Å². The number of hydrogen-bond acceptors (Lipinski definition) is 5. The molecule has 0 saturated carbocycles. The Hall–Kier alpha value is -1.75. The lowest BCUT2D eigenvalue weighted by Crippen LogP contribution is -2.50. The van der Waals surface area contributed by atoms with E-state index in [-0.39, 0.29) is 6.10 Å². The van der Waals surface area contributed by atoms with Gasteiger partial charge in [-0.1, -0.05) is 0 Å². The topological polar surface area (TPSA) is 59.6 Å². The second-order valence-corrected chi connectivity index (χ2v) is 3.52. The maximum atomic E-state index is 10.3. The fourth-order valence-electron chi connectivity index (χ4n) is 1.47. The third kappa shape index (κ3) is 2.25. The Morgan fingerprint density at radius 2 is 2.31 bits per heavy atom. The summed E-state index contributed by atoms with van der Waals surface area (Å²) in [7, 11) is 1.77. The summed E-state index contributed by atoms with van der Waals surface area (Å²) in [5.74, 6) is 1.27. The Morgan fingerprint density at radius 3 is 2.88 bits per heavy atom. The summed E-state index contributed by atoms with van der Waals surface area (Å²) in [5, 5.41) is 6.08. The molecule has 16 heavy (non-hydrogen) atoms. The molecule has 2 rings (SSSR count). The molecule has 0 bridgehead atoms. The number of rotatable bonds is 5. The fraction of sp³-hybridized carbons (Fsp3) is 0.364. The largest absolute Gasteiger partial charge is 0.488 e. The van der Waals surface area contributed by atoms with Crippen molar-refractivity contribution >= 4 is 12.2 Å². The Kier molecular flexibility index (Phi) is 3.26. The molecule has 0 amide bonds. The second-order valence-electron chi connectivity index (χ2n) is 3.52. The zero-order chi connectivity index (χ0) is 11.4. The summed E-state index contributed by atoms with van der Waals surface area (Å²) in [5.41, 5.74) is 0.733. The highest BCUT2D eigenvalue weighted by atomic mass is 16.5. The van der Waals surface area contributed by atoms with Gasteiger partial charge in [0.25, 0.3) is 6.47 Å². The minimum Gasteiger partial charge on any atom is -0.488 e. The monoisotopic (exact) mass is 222 g/mol. The summed E-state index contributed by atoms with van der Waals surface area (Å²) in [6.07, 6.45) is 0.238. The van der Waals surface area contributed by atoms with Crippen LogP contribution in [0, 0.1) is 0 Å². The third-order valence-electron chi connectivity index (χ3n) is 2.44. The van der Waals surface area contributed by atoms with Crippen molar-refractivity contribution in [1.29, 1.82) is 0 Å².